The van der Waals surface area contributed by atoms with Gasteiger partial charge in [-0.2, -0.15) is 8.78 Å². The fraction of sp³-hybridized carbons (Fsp3) is 0.500. The second-order valence-electron chi connectivity index (χ2n) is 4.28. The zero-order valence-corrected chi connectivity index (χ0v) is 11.3. The van der Waals surface area contributed by atoms with Gasteiger partial charge in [0.25, 0.3) is 0 Å². The molecule has 0 fully saturated rings. The molecule has 6 heteroatoms. The number of alkyl halides is 3. The number of benzene rings is 1. The van der Waals surface area contributed by atoms with E-state index in [0.29, 0.717) is 24.7 Å². The minimum absolute atomic E-state index is 0.0635. The van der Waals surface area contributed by atoms with Crippen molar-refractivity contribution in [3.05, 3.63) is 23.8 Å². The van der Waals surface area contributed by atoms with Crippen molar-refractivity contribution in [2.24, 2.45) is 0 Å². The number of aliphatic hydroxyl groups is 1. The fourth-order valence-corrected chi connectivity index (χ4v) is 1.86. The van der Waals surface area contributed by atoms with Gasteiger partial charge >= 0.3 is 4.83 Å². The first-order valence-corrected chi connectivity index (χ1v) is 6.31. The molecule has 1 aliphatic heterocycles. The third kappa shape index (κ3) is 2.44. The zero-order valence-electron chi connectivity index (χ0n) is 9.75. The van der Waals surface area contributed by atoms with Crippen molar-refractivity contribution in [2.45, 2.75) is 23.8 Å². The topological polar surface area (TPSA) is 38.7 Å². The van der Waals surface area contributed by atoms with Gasteiger partial charge in [-0.1, -0.05) is 6.07 Å². The van der Waals surface area contributed by atoms with E-state index in [0.717, 1.165) is 13.3 Å². The molecule has 0 aliphatic carbocycles. The largest absolute Gasteiger partial charge is 0.490 e. The second-order valence-corrected chi connectivity index (χ2v) is 5.28. The maximum atomic E-state index is 13.3. The highest BCUT2D eigenvalue weighted by molar-refractivity contribution is 9.10. The predicted molar refractivity (Wildman–Crippen MR) is 65.5 cm³/mol. The van der Waals surface area contributed by atoms with Gasteiger partial charge in [-0.05, 0) is 40.5 Å². The van der Waals surface area contributed by atoms with E-state index < -0.39 is 10.4 Å². The Kier molecular flexibility index (Phi) is 3.51. The lowest BCUT2D eigenvalue weighted by Crippen LogP contribution is -2.37. The SMILES string of the molecule is CC(O)(c1ccc2c(c1)OCCCO2)C(F)(F)Br. The Labute approximate surface area is 112 Å². The van der Waals surface area contributed by atoms with E-state index >= 15 is 0 Å². The average molecular weight is 323 g/mol. The van der Waals surface area contributed by atoms with Gasteiger partial charge in [0.2, 0.25) is 0 Å². The Morgan fingerprint density at radius 3 is 2.44 bits per heavy atom. The summed E-state index contributed by atoms with van der Waals surface area (Å²) in [6.07, 6.45) is 0.731. The average Bonchev–Trinajstić information content (AvgIpc) is 2.51. The predicted octanol–water partition coefficient (Wildman–Crippen LogP) is 3.04. The first-order valence-electron chi connectivity index (χ1n) is 5.51. The van der Waals surface area contributed by atoms with E-state index in [1.54, 1.807) is 0 Å². The number of halogens is 3. The van der Waals surface area contributed by atoms with Crippen molar-refractivity contribution >= 4 is 15.9 Å². The molecule has 0 aromatic heterocycles. The second kappa shape index (κ2) is 4.66. The van der Waals surface area contributed by atoms with E-state index in [2.05, 4.69) is 15.9 Å². The molecule has 2 rings (SSSR count). The van der Waals surface area contributed by atoms with Crippen LogP contribution in [0.2, 0.25) is 0 Å². The molecule has 1 aromatic carbocycles. The third-order valence-corrected chi connectivity index (χ3v) is 3.63. The molecule has 0 saturated carbocycles. The number of ether oxygens (including phenoxy) is 2. The molecular formula is C12H13BrF2O3. The monoisotopic (exact) mass is 322 g/mol. The fourth-order valence-electron chi connectivity index (χ4n) is 1.63. The molecule has 0 saturated heterocycles. The maximum Gasteiger partial charge on any atom is 0.333 e. The van der Waals surface area contributed by atoms with Crippen LogP contribution in [0, 0.1) is 0 Å². The molecule has 0 radical (unpaired) electrons. The van der Waals surface area contributed by atoms with Crippen LogP contribution in [0.1, 0.15) is 18.9 Å². The molecule has 1 aliphatic rings. The van der Waals surface area contributed by atoms with Crippen molar-refractivity contribution in [1.29, 1.82) is 0 Å². The summed E-state index contributed by atoms with van der Waals surface area (Å²) in [5.41, 5.74) is -2.26. The van der Waals surface area contributed by atoms with Crippen LogP contribution in [0.5, 0.6) is 11.5 Å². The van der Waals surface area contributed by atoms with Crippen LogP contribution in [0.4, 0.5) is 8.78 Å². The van der Waals surface area contributed by atoms with E-state index in [-0.39, 0.29) is 5.56 Å². The van der Waals surface area contributed by atoms with Gasteiger partial charge in [-0.25, -0.2) is 0 Å². The number of fused-ring (bicyclic) bond motifs is 1. The van der Waals surface area contributed by atoms with Crippen LogP contribution in [0.15, 0.2) is 18.2 Å². The summed E-state index contributed by atoms with van der Waals surface area (Å²) in [4.78, 5) is -3.43. The van der Waals surface area contributed by atoms with Gasteiger partial charge in [-0.3, -0.25) is 0 Å². The molecule has 1 unspecified atom stereocenters. The molecule has 18 heavy (non-hydrogen) atoms. The van der Waals surface area contributed by atoms with Crippen LogP contribution in [-0.4, -0.2) is 23.2 Å². The highest BCUT2D eigenvalue weighted by atomic mass is 79.9. The standard InChI is InChI=1S/C12H13BrF2O3/c1-11(16,12(13,14)15)8-3-4-9-10(7-8)18-6-2-5-17-9/h3-4,7,16H,2,5-6H2,1H3. The van der Waals surface area contributed by atoms with Crippen molar-refractivity contribution in [2.75, 3.05) is 13.2 Å². The van der Waals surface area contributed by atoms with Gasteiger partial charge in [-0.15, -0.1) is 0 Å². The molecule has 100 valence electrons. The summed E-state index contributed by atoms with van der Waals surface area (Å²) in [5, 5.41) is 9.90. The van der Waals surface area contributed by atoms with E-state index in [1.165, 1.54) is 18.2 Å². The molecule has 1 aromatic rings. The van der Waals surface area contributed by atoms with Crippen LogP contribution < -0.4 is 9.47 Å². The Balaban J connectivity index is 2.39. The number of hydrogen-bond acceptors (Lipinski definition) is 3. The molecule has 0 bridgehead atoms. The van der Waals surface area contributed by atoms with Crippen LogP contribution in [0.25, 0.3) is 0 Å². The Morgan fingerprint density at radius 1 is 1.22 bits per heavy atom. The lowest BCUT2D eigenvalue weighted by Gasteiger charge is -2.29. The van der Waals surface area contributed by atoms with Gasteiger partial charge in [0.15, 0.2) is 17.1 Å². The van der Waals surface area contributed by atoms with E-state index in [9.17, 15) is 13.9 Å². The van der Waals surface area contributed by atoms with Crippen molar-refractivity contribution < 1.29 is 23.4 Å². The highest BCUT2D eigenvalue weighted by Crippen LogP contribution is 2.44. The molecule has 0 spiro atoms. The van der Waals surface area contributed by atoms with Gasteiger partial charge in [0.1, 0.15) is 0 Å². The smallest absolute Gasteiger partial charge is 0.333 e. The highest BCUT2D eigenvalue weighted by Gasteiger charge is 2.48. The van der Waals surface area contributed by atoms with Gasteiger partial charge in [0, 0.05) is 6.42 Å². The summed E-state index contributed by atoms with van der Waals surface area (Å²) in [6, 6.07) is 4.32. The van der Waals surface area contributed by atoms with Crippen LogP contribution in [0.3, 0.4) is 0 Å². The van der Waals surface area contributed by atoms with Crippen LogP contribution >= 0.6 is 15.9 Å². The molecule has 1 heterocycles. The number of rotatable bonds is 2. The number of hydrogen-bond donors (Lipinski definition) is 1. The molecule has 3 nitrogen and oxygen atoms in total. The van der Waals surface area contributed by atoms with Gasteiger partial charge in [0.05, 0.1) is 13.2 Å². The summed E-state index contributed by atoms with van der Waals surface area (Å²) in [7, 11) is 0. The Bertz CT molecular complexity index is 443. The first-order chi connectivity index (χ1) is 8.32. The van der Waals surface area contributed by atoms with Crippen molar-refractivity contribution in [3.8, 4) is 11.5 Å². The quantitative estimate of drug-likeness (QED) is 0.850. The third-order valence-electron chi connectivity index (χ3n) is 2.86. The molecule has 1 N–H and O–H groups in total. The summed E-state index contributed by atoms with van der Waals surface area (Å²) in [6.45, 7) is 2.03. The molecule has 1 atom stereocenters. The summed E-state index contributed by atoms with van der Waals surface area (Å²) >= 11 is 2.19. The maximum absolute atomic E-state index is 13.3. The summed E-state index contributed by atoms with van der Waals surface area (Å²) < 4.78 is 37.4. The van der Waals surface area contributed by atoms with Gasteiger partial charge < -0.3 is 14.6 Å². The van der Waals surface area contributed by atoms with E-state index in [1.807, 2.05) is 0 Å². The minimum Gasteiger partial charge on any atom is -0.490 e. The normalized spacial score (nSPS) is 18.9. The zero-order chi connectivity index (χ0) is 13.4. The van der Waals surface area contributed by atoms with E-state index in [4.69, 9.17) is 9.47 Å². The lowest BCUT2D eigenvalue weighted by atomic mass is 9.96. The summed E-state index contributed by atoms with van der Waals surface area (Å²) in [5.74, 6) is 0.881. The van der Waals surface area contributed by atoms with Crippen molar-refractivity contribution in [1.82, 2.24) is 0 Å². The van der Waals surface area contributed by atoms with Crippen molar-refractivity contribution in [3.63, 3.8) is 0 Å². The van der Waals surface area contributed by atoms with Crippen LogP contribution in [-0.2, 0) is 5.60 Å². The first kappa shape index (κ1) is 13.5. The lowest BCUT2D eigenvalue weighted by molar-refractivity contribution is -0.109. The molecule has 0 amide bonds. The molecular weight excluding hydrogens is 310 g/mol. The Morgan fingerprint density at radius 2 is 1.83 bits per heavy atom. The Hall–Kier alpha value is -0.880. The minimum atomic E-state index is -3.43.